The average Bonchev–Trinajstić information content (AvgIpc) is 2.91. The summed E-state index contributed by atoms with van der Waals surface area (Å²) in [7, 11) is 0. The lowest BCUT2D eigenvalue weighted by Gasteiger charge is -2.25. The van der Waals surface area contributed by atoms with Crippen molar-refractivity contribution in [3.05, 3.63) is 23.5 Å². The van der Waals surface area contributed by atoms with Gasteiger partial charge in [-0.2, -0.15) is 0 Å². The van der Waals surface area contributed by atoms with Crippen molar-refractivity contribution in [2.75, 3.05) is 6.61 Å². The van der Waals surface area contributed by atoms with Gasteiger partial charge in [-0.3, -0.25) is 9.59 Å². The van der Waals surface area contributed by atoms with Gasteiger partial charge in [0, 0.05) is 18.2 Å². The minimum absolute atomic E-state index is 0.181. The maximum Gasteiger partial charge on any atom is 0.310 e. The molecule has 1 aliphatic heterocycles. The van der Waals surface area contributed by atoms with E-state index in [0.717, 1.165) is 30.5 Å². The highest BCUT2D eigenvalue weighted by Crippen LogP contribution is 2.42. The lowest BCUT2D eigenvalue weighted by atomic mass is 9.84. The molecule has 1 aromatic rings. The van der Waals surface area contributed by atoms with Gasteiger partial charge in [-0.15, -0.1) is 0 Å². The van der Waals surface area contributed by atoms with E-state index in [2.05, 4.69) is 4.57 Å². The van der Waals surface area contributed by atoms with Gasteiger partial charge in [0.05, 0.1) is 18.7 Å². The summed E-state index contributed by atoms with van der Waals surface area (Å²) in [5, 5.41) is 0. The number of nitrogens with zero attached hydrogens (tertiary/aromatic N) is 1. The molecule has 1 aromatic heterocycles. The van der Waals surface area contributed by atoms with Crippen molar-refractivity contribution in [3.63, 3.8) is 0 Å². The summed E-state index contributed by atoms with van der Waals surface area (Å²) in [6, 6.07) is 2.20. The van der Waals surface area contributed by atoms with Crippen molar-refractivity contribution in [2.45, 2.75) is 45.1 Å². The molecule has 2 heterocycles. The fourth-order valence-corrected chi connectivity index (χ4v) is 3.42. The molecule has 2 atom stereocenters. The van der Waals surface area contributed by atoms with Crippen LogP contribution in [0, 0.1) is 5.92 Å². The van der Waals surface area contributed by atoms with E-state index < -0.39 is 0 Å². The predicted molar refractivity (Wildman–Crippen MR) is 70.1 cm³/mol. The molecule has 0 saturated heterocycles. The standard InChI is InChI=1S/C15H19NO3/c1-2-19-14(17)8-10-7-13-15(18)11-5-3-4-6-12(11)16(13)9-10/h7,9,11-12H,2-6,8H2,1H3/t11-,12+/m1/s1. The highest BCUT2D eigenvalue weighted by molar-refractivity contribution is 5.99. The normalized spacial score (nSPS) is 25.0. The van der Waals surface area contributed by atoms with E-state index in [-0.39, 0.29) is 24.1 Å². The highest BCUT2D eigenvalue weighted by atomic mass is 16.5. The van der Waals surface area contributed by atoms with E-state index in [4.69, 9.17) is 4.74 Å². The van der Waals surface area contributed by atoms with Gasteiger partial charge < -0.3 is 9.30 Å². The van der Waals surface area contributed by atoms with Crippen molar-refractivity contribution in [1.82, 2.24) is 4.57 Å². The summed E-state index contributed by atoms with van der Waals surface area (Å²) < 4.78 is 7.04. The number of fused-ring (bicyclic) bond motifs is 3. The Labute approximate surface area is 112 Å². The van der Waals surface area contributed by atoms with Gasteiger partial charge in [-0.05, 0) is 31.4 Å². The van der Waals surface area contributed by atoms with Crippen LogP contribution < -0.4 is 0 Å². The van der Waals surface area contributed by atoms with Crippen LogP contribution in [0.25, 0.3) is 0 Å². The van der Waals surface area contributed by atoms with Gasteiger partial charge in [0.25, 0.3) is 0 Å². The van der Waals surface area contributed by atoms with Crippen LogP contribution >= 0.6 is 0 Å². The number of carbonyl (C=O) groups excluding carboxylic acids is 2. The van der Waals surface area contributed by atoms with E-state index >= 15 is 0 Å². The van der Waals surface area contributed by atoms with Crippen molar-refractivity contribution in [2.24, 2.45) is 5.92 Å². The molecular formula is C15H19NO3. The molecule has 1 saturated carbocycles. The second-order valence-corrected chi connectivity index (χ2v) is 5.45. The maximum absolute atomic E-state index is 12.3. The Bertz CT molecular complexity index is 517. The number of Topliss-reactive ketones (excluding diaryl/α,β-unsaturated/α-hetero) is 1. The zero-order chi connectivity index (χ0) is 13.4. The van der Waals surface area contributed by atoms with Crippen LogP contribution in [-0.2, 0) is 16.0 Å². The molecule has 0 radical (unpaired) electrons. The summed E-state index contributed by atoms with van der Waals surface area (Å²) in [5.41, 5.74) is 1.68. The van der Waals surface area contributed by atoms with Gasteiger partial charge in [0.1, 0.15) is 0 Å². The smallest absolute Gasteiger partial charge is 0.310 e. The van der Waals surface area contributed by atoms with Gasteiger partial charge >= 0.3 is 5.97 Å². The lowest BCUT2D eigenvalue weighted by molar-refractivity contribution is -0.142. The van der Waals surface area contributed by atoms with Gasteiger partial charge in [0.2, 0.25) is 0 Å². The molecule has 1 fully saturated rings. The highest BCUT2D eigenvalue weighted by Gasteiger charge is 2.40. The van der Waals surface area contributed by atoms with E-state index in [1.807, 2.05) is 12.3 Å². The maximum atomic E-state index is 12.3. The minimum Gasteiger partial charge on any atom is -0.466 e. The first kappa shape index (κ1) is 12.5. The molecule has 0 unspecified atom stereocenters. The number of rotatable bonds is 3. The average molecular weight is 261 g/mol. The fraction of sp³-hybridized carbons (Fsp3) is 0.600. The summed E-state index contributed by atoms with van der Waals surface area (Å²) in [4.78, 5) is 23.8. The van der Waals surface area contributed by atoms with Crippen LogP contribution in [0.4, 0.5) is 0 Å². The molecule has 19 heavy (non-hydrogen) atoms. The summed E-state index contributed by atoms with van der Waals surface area (Å²) in [5.74, 6) is 0.222. The molecule has 0 bridgehead atoms. The summed E-state index contributed by atoms with van der Waals surface area (Å²) in [6.07, 6.45) is 6.68. The first-order valence-corrected chi connectivity index (χ1v) is 7.11. The van der Waals surface area contributed by atoms with Gasteiger partial charge in [0.15, 0.2) is 5.78 Å². The Morgan fingerprint density at radius 1 is 1.42 bits per heavy atom. The Morgan fingerprint density at radius 3 is 3.00 bits per heavy atom. The molecule has 0 aromatic carbocycles. The van der Waals surface area contributed by atoms with Crippen LogP contribution in [0.3, 0.4) is 0 Å². The molecule has 4 nitrogen and oxygen atoms in total. The number of esters is 1. The van der Waals surface area contributed by atoms with Crippen molar-refractivity contribution in [1.29, 1.82) is 0 Å². The van der Waals surface area contributed by atoms with Crippen LogP contribution in [0.15, 0.2) is 12.3 Å². The number of ether oxygens (including phenoxy) is 1. The largest absolute Gasteiger partial charge is 0.466 e. The topological polar surface area (TPSA) is 48.3 Å². The minimum atomic E-state index is -0.223. The third kappa shape index (κ3) is 2.09. The number of hydrogen-bond acceptors (Lipinski definition) is 3. The van der Waals surface area contributed by atoms with E-state index in [1.165, 1.54) is 6.42 Å². The number of aromatic nitrogens is 1. The molecule has 0 spiro atoms. The predicted octanol–water partition coefficient (Wildman–Crippen LogP) is 2.52. The molecule has 1 aliphatic carbocycles. The second kappa shape index (κ2) is 4.83. The Morgan fingerprint density at radius 2 is 2.21 bits per heavy atom. The Kier molecular flexibility index (Phi) is 3.17. The zero-order valence-corrected chi connectivity index (χ0v) is 11.2. The van der Waals surface area contributed by atoms with Crippen molar-refractivity contribution < 1.29 is 14.3 Å². The molecule has 0 N–H and O–H groups in total. The lowest BCUT2D eigenvalue weighted by Crippen LogP contribution is -2.20. The molecule has 3 rings (SSSR count). The second-order valence-electron chi connectivity index (χ2n) is 5.45. The first-order valence-electron chi connectivity index (χ1n) is 7.11. The summed E-state index contributed by atoms with van der Waals surface area (Å²) >= 11 is 0. The number of hydrogen-bond donors (Lipinski definition) is 0. The van der Waals surface area contributed by atoms with Crippen LogP contribution in [0.5, 0.6) is 0 Å². The van der Waals surface area contributed by atoms with E-state index in [1.54, 1.807) is 6.92 Å². The van der Waals surface area contributed by atoms with Crippen LogP contribution in [0.2, 0.25) is 0 Å². The van der Waals surface area contributed by atoms with E-state index in [0.29, 0.717) is 12.6 Å². The first-order chi connectivity index (χ1) is 9.20. The summed E-state index contributed by atoms with van der Waals surface area (Å²) in [6.45, 7) is 2.20. The molecule has 0 amide bonds. The Hall–Kier alpha value is -1.58. The monoisotopic (exact) mass is 261 g/mol. The van der Waals surface area contributed by atoms with Crippen LogP contribution in [-0.4, -0.2) is 22.9 Å². The van der Waals surface area contributed by atoms with Crippen LogP contribution in [0.1, 0.15) is 54.7 Å². The van der Waals surface area contributed by atoms with Crippen molar-refractivity contribution >= 4 is 11.8 Å². The van der Waals surface area contributed by atoms with Gasteiger partial charge in [-0.25, -0.2) is 0 Å². The SMILES string of the molecule is CCOC(=O)Cc1cc2n(c1)[C@H]1CCCC[C@H]1C2=O. The molecular weight excluding hydrogens is 242 g/mol. The molecule has 4 heteroatoms. The Balaban J connectivity index is 1.81. The zero-order valence-electron chi connectivity index (χ0n) is 11.2. The fourth-order valence-electron chi connectivity index (χ4n) is 3.42. The third-order valence-corrected chi connectivity index (χ3v) is 4.23. The van der Waals surface area contributed by atoms with E-state index in [9.17, 15) is 9.59 Å². The number of ketones is 1. The van der Waals surface area contributed by atoms with Gasteiger partial charge in [-0.1, -0.05) is 12.8 Å². The molecule has 102 valence electrons. The molecule has 2 aliphatic rings. The van der Waals surface area contributed by atoms with Crippen molar-refractivity contribution in [3.8, 4) is 0 Å². The number of carbonyl (C=O) groups is 2. The third-order valence-electron chi connectivity index (χ3n) is 4.23. The quantitative estimate of drug-likeness (QED) is 0.785.